The second-order valence-electron chi connectivity index (χ2n) is 8.10. The molecule has 0 saturated carbocycles. The molecular weight excluding hydrogens is 424 g/mol. The van der Waals surface area contributed by atoms with E-state index in [1.54, 1.807) is 24.3 Å². The van der Waals surface area contributed by atoms with Crippen molar-refractivity contribution in [3.05, 3.63) is 92.8 Å². The summed E-state index contributed by atoms with van der Waals surface area (Å²) in [5.41, 5.74) is 6.59. The average Bonchev–Trinajstić information content (AvgIpc) is 3.04. The summed E-state index contributed by atoms with van der Waals surface area (Å²) in [6, 6.07) is 14.9. The van der Waals surface area contributed by atoms with E-state index in [0.717, 1.165) is 28.4 Å². The van der Waals surface area contributed by atoms with Gasteiger partial charge in [-0.15, -0.1) is 0 Å². The molecule has 32 heavy (non-hydrogen) atoms. The topological polar surface area (TPSA) is 58.6 Å². The van der Waals surface area contributed by atoms with Gasteiger partial charge in [0.25, 0.3) is 11.8 Å². The molecule has 4 rings (SSSR count). The quantitative estimate of drug-likeness (QED) is 0.459. The van der Waals surface area contributed by atoms with E-state index in [0.29, 0.717) is 17.7 Å². The lowest BCUT2D eigenvalue weighted by molar-refractivity contribution is 0.0579. The molecule has 2 amide bonds. The van der Waals surface area contributed by atoms with E-state index in [1.807, 2.05) is 18.2 Å². The highest BCUT2D eigenvalue weighted by atomic mass is 35.5. The first-order valence-corrected chi connectivity index (χ1v) is 11.3. The van der Waals surface area contributed by atoms with Crippen molar-refractivity contribution in [2.75, 3.05) is 19.8 Å². The van der Waals surface area contributed by atoms with Crippen molar-refractivity contribution in [2.45, 2.75) is 33.1 Å². The lowest BCUT2D eigenvalue weighted by Crippen LogP contribution is -2.33. The second kappa shape index (κ2) is 9.31. The minimum absolute atomic E-state index is 0.102. The molecule has 2 heterocycles. The van der Waals surface area contributed by atoms with Gasteiger partial charge in [0, 0.05) is 22.3 Å². The number of imide groups is 1. The number of hydrogen-bond donors (Lipinski definition) is 1. The molecule has 1 N–H and O–H groups in total. The van der Waals surface area contributed by atoms with Gasteiger partial charge >= 0.3 is 0 Å². The summed E-state index contributed by atoms with van der Waals surface area (Å²) >= 11 is 6.54. The van der Waals surface area contributed by atoms with Gasteiger partial charge in [0.15, 0.2) is 0 Å². The van der Waals surface area contributed by atoms with E-state index in [4.69, 9.17) is 16.3 Å². The van der Waals surface area contributed by atoms with Crippen molar-refractivity contribution in [1.82, 2.24) is 10.2 Å². The lowest BCUT2D eigenvalue weighted by atomic mass is 9.80. The van der Waals surface area contributed by atoms with Crippen LogP contribution in [0.2, 0.25) is 5.02 Å². The van der Waals surface area contributed by atoms with Crippen LogP contribution >= 0.6 is 11.6 Å². The molecule has 2 aromatic rings. The highest BCUT2D eigenvalue weighted by Gasteiger charge is 2.34. The number of hydrogen-bond acceptors (Lipinski definition) is 4. The minimum atomic E-state index is -0.259. The summed E-state index contributed by atoms with van der Waals surface area (Å²) in [5.74, 6) is -0.416. The number of nitrogens with one attached hydrogen (secondary N) is 1. The Morgan fingerprint density at radius 1 is 1.00 bits per heavy atom. The van der Waals surface area contributed by atoms with Crippen LogP contribution in [0.1, 0.15) is 59.4 Å². The molecular formula is C26H27ClN2O3. The van der Waals surface area contributed by atoms with E-state index in [-0.39, 0.29) is 30.9 Å². The third-order valence-corrected chi connectivity index (χ3v) is 6.60. The van der Waals surface area contributed by atoms with Crippen molar-refractivity contribution in [3.63, 3.8) is 0 Å². The smallest absolute Gasteiger partial charge is 0.261 e. The van der Waals surface area contributed by atoms with Gasteiger partial charge in [-0.25, -0.2) is 0 Å². The first-order chi connectivity index (χ1) is 15.4. The first kappa shape index (κ1) is 22.3. The molecule has 6 heteroatoms. The normalized spacial score (nSPS) is 18.4. The number of amides is 2. The Kier molecular flexibility index (Phi) is 6.49. The van der Waals surface area contributed by atoms with Crippen LogP contribution in [0.5, 0.6) is 0 Å². The van der Waals surface area contributed by atoms with Crippen molar-refractivity contribution >= 4 is 23.4 Å². The summed E-state index contributed by atoms with van der Waals surface area (Å²) in [7, 11) is 0. The molecule has 2 aliphatic heterocycles. The van der Waals surface area contributed by atoms with Gasteiger partial charge in [-0.3, -0.25) is 14.5 Å². The predicted octanol–water partition coefficient (Wildman–Crippen LogP) is 5.30. The zero-order chi connectivity index (χ0) is 22.8. The second-order valence-corrected chi connectivity index (χ2v) is 8.51. The Morgan fingerprint density at radius 2 is 1.62 bits per heavy atom. The molecule has 0 spiro atoms. The van der Waals surface area contributed by atoms with Gasteiger partial charge in [-0.05, 0) is 55.2 Å². The number of ether oxygens (including phenoxy) is 1. The number of fused-ring (bicyclic) bond motifs is 1. The van der Waals surface area contributed by atoms with E-state index in [9.17, 15) is 9.59 Å². The number of carbonyl (C=O) groups excluding carboxylic acids is 2. The van der Waals surface area contributed by atoms with Crippen LogP contribution in [0.15, 0.2) is 71.1 Å². The fourth-order valence-corrected chi connectivity index (χ4v) is 4.82. The molecule has 1 atom stereocenters. The van der Waals surface area contributed by atoms with E-state index in [1.165, 1.54) is 16.0 Å². The lowest BCUT2D eigenvalue weighted by Gasteiger charge is -2.32. The van der Waals surface area contributed by atoms with Crippen molar-refractivity contribution in [3.8, 4) is 0 Å². The zero-order valence-electron chi connectivity index (χ0n) is 18.6. The number of nitrogens with zero attached hydrogens (tertiary/aromatic N) is 1. The maximum absolute atomic E-state index is 12.5. The van der Waals surface area contributed by atoms with Gasteiger partial charge in [0.2, 0.25) is 0 Å². The Hall–Kier alpha value is -2.89. The summed E-state index contributed by atoms with van der Waals surface area (Å²) < 4.78 is 5.91. The predicted molar refractivity (Wildman–Crippen MR) is 126 cm³/mol. The summed E-state index contributed by atoms with van der Waals surface area (Å²) in [6.45, 7) is 7.19. The Bertz CT molecular complexity index is 1100. The van der Waals surface area contributed by atoms with Crippen molar-refractivity contribution < 1.29 is 14.3 Å². The van der Waals surface area contributed by atoms with Crippen LogP contribution in [0.4, 0.5) is 0 Å². The monoisotopic (exact) mass is 450 g/mol. The molecule has 1 unspecified atom stereocenters. The molecule has 166 valence electrons. The SMILES string of the molecule is CCC1=C(C)NC(COCCN2C(=O)c3ccccc3C2=O)=C(C)C1c1ccccc1Cl. The number of allylic oxidation sites excluding steroid dienone is 3. The van der Waals surface area contributed by atoms with Gasteiger partial charge < -0.3 is 10.1 Å². The number of halogens is 1. The van der Waals surface area contributed by atoms with Crippen LogP contribution < -0.4 is 5.32 Å². The minimum Gasteiger partial charge on any atom is -0.373 e. The fourth-order valence-electron chi connectivity index (χ4n) is 4.58. The van der Waals surface area contributed by atoms with Gasteiger partial charge in [-0.2, -0.15) is 0 Å². The van der Waals surface area contributed by atoms with Gasteiger partial charge in [0.1, 0.15) is 0 Å². The fraction of sp³-hybridized carbons (Fsp3) is 0.308. The van der Waals surface area contributed by atoms with Crippen LogP contribution in [0.25, 0.3) is 0 Å². The maximum Gasteiger partial charge on any atom is 0.261 e. The Labute approximate surface area is 193 Å². The van der Waals surface area contributed by atoms with E-state index < -0.39 is 0 Å². The van der Waals surface area contributed by atoms with Gasteiger partial charge in [-0.1, -0.05) is 48.9 Å². The number of dihydropyridines is 1. The molecule has 5 nitrogen and oxygen atoms in total. The maximum atomic E-state index is 12.5. The van der Waals surface area contributed by atoms with Crippen LogP contribution in [-0.4, -0.2) is 36.5 Å². The van der Waals surface area contributed by atoms with Crippen LogP contribution in [0.3, 0.4) is 0 Å². The highest BCUT2D eigenvalue weighted by Crippen LogP contribution is 2.41. The van der Waals surface area contributed by atoms with Crippen molar-refractivity contribution in [1.29, 1.82) is 0 Å². The number of rotatable bonds is 7. The largest absolute Gasteiger partial charge is 0.373 e. The Balaban J connectivity index is 1.44. The van der Waals surface area contributed by atoms with E-state index in [2.05, 4.69) is 32.2 Å². The third-order valence-electron chi connectivity index (χ3n) is 6.26. The molecule has 0 aromatic heterocycles. The molecule has 2 aliphatic rings. The van der Waals surface area contributed by atoms with Crippen LogP contribution in [0, 0.1) is 0 Å². The summed E-state index contributed by atoms with van der Waals surface area (Å²) in [5, 5.41) is 4.24. The van der Waals surface area contributed by atoms with Crippen molar-refractivity contribution in [2.24, 2.45) is 0 Å². The first-order valence-electron chi connectivity index (χ1n) is 10.9. The molecule has 0 aliphatic carbocycles. The van der Waals surface area contributed by atoms with Gasteiger partial charge in [0.05, 0.1) is 30.9 Å². The number of benzene rings is 2. The average molecular weight is 451 g/mol. The number of carbonyl (C=O) groups is 2. The molecule has 0 radical (unpaired) electrons. The molecule has 0 bridgehead atoms. The zero-order valence-corrected chi connectivity index (χ0v) is 19.3. The summed E-state index contributed by atoms with van der Waals surface area (Å²) in [6.07, 6.45) is 0.917. The summed E-state index contributed by atoms with van der Waals surface area (Å²) in [4.78, 5) is 26.3. The molecule has 0 saturated heterocycles. The third kappa shape index (κ3) is 3.98. The van der Waals surface area contributed by atoms with E-state index >= 15 is 0 Å². The molecule has 2 aromatic carbocycles. The Morgan fingerprint density at radius 3 is 2.25 bits per heavy atom. The highest BCUT2D eigenvalue weighted by molar-refractivity contribution is 6.31. The standard InChI is InChI=1S/C26H27ClN2O3/c1-4-18-17(3)28-23(16(2)24(18)21-11-7-8-12-22(21)27)15-32-14-13-29-25(30)19-9-5-6-10-20(19)26(29)31/h5-12,24,28H,4,13-15H2,1-3H3. The molecule has 0 fully saturated rings. The van der Waals surface area contributed by atoms with Crippen LogP contribution in [-0.2, 0) is 4.74 Å².